The molecule has 1 fully saturated rings. The predicted molar refractivity (Wildman–Crippen MR) is 104 cm³/mol. The Morgan fingerprint density at radius 1 is 1.44 bits per heavy atom. The van der Waals surface area contributed by atoms with Crippen LogP contribution in [0.3, 0.4) is 0 Å². The average molecular weight is 406 g/mol. The molecule has 5 nitrogen and oxygen atoms in total. The summed E-state index contributed by atoms with van der Waals surface area (Å²) in [5.41, 5.74) is 0.140. The molecule has 3 atom stereocenters. The van der Waals surface area contributed by atoms with Gasteiger partial charge in [0.1, 0.15) is 11.1 Å². The molecule has 0 saturated carbocycles. The third kappa shape index (κ3) is 3.79. The second kappa shape index (κ2) is 7.25. The summed E-state index contributed by atoms with van der Waals surface area (Å²) < 4.78 is 6.39. The van der Waals surface area contributed by atoms with Crippen molar-refractivity contribution in [2.24, 2.45) is 5.92 Å². The summed E-state index contributed by atoms with van der Waals surface area (Å²) in [6.45, 7) is 12.8. The summed E-state index contributed by atoms with van der Waals surface area (Å²) >= 11 is 7.23. The van der Waals surface area contributed by atoms with Gasteiger partial charge in [0.05, 0.1) is 12.0 Å². The van der Waals surface area contributed by atoms with Crippen molar-refractivity contribution in [1.82, 2.24) is 4.90 Å². The number of β-lactam (4-membered cyclic amide) rings is 1. The van der Waals surface area contributed by atoms with Crippen LogP contribution in [0.2, 0.25) is 18.1 Å². The Bertz CT molecular complexity index is 602. The lowest BCUT2D eigenvalue weighted by atomic mass is 9.92. The number of rotatable bonds is 7. The number of aliphatic carboxylic acids is 1. The summed E-state index contributed by atoms with van der Waals surface area (Å²) in [5.74, 6) is -0.988. The summed E-state index contributed by atoms with van der Waals surface area (Å²) in [7, 11) is -1.99. The van der Waals surface area contributed by atoms with Gasteiger partial charge in [-0.05, 0) is 37.9 Å². The minimum Gasteiger partial charge on any atom is -0.477 e. The van der Waals surface area contributed by atoms with Crippen LogP contribution in [0.4, 0.5) is 0 Å². The lowest BCUT2D eigenvalue weighted by molar-refractivity contribution is -0.156. The zero-order valence-corrected chi connectivity index (χ0v) is 18.3. The van der Waals surface area contributed by atoms with Crippen LogP contribution in [0.5, 0.6) is 0 Å². The predicted octanol–water partition coefficient (Wildman–Crippen LogP) is 4.24. The van der Waals surface area contributed by atoms with Gasteiger partial charge in [0, 0.05) is 10.8 Å². The maximum absolute atomic E-state index is 12.7. The van der Waals surface area contributed by atoms with E-state index in [1.54, 1.807) is 0 Å². The van der Waals surface area contributed by atoms with Gasteiger partial charge in [0.15, 0.2) is 8.32 Å². The molecular formula is C17H28ClNO4SSi. The molecule has 2 rings (SSSR count). The zero-order chi connectivity index (χ0) is 19.2. The minimum atomic E-state index is -1.99. The van der Waals surface area contributed by atoms with E-state index in [4.69, 9.17) is 16.0 Å². The van der Waals surface area contributed by atoms with Crippen LogP contribution in [0.25, 0.3) is 0 Å². The number of amides is 1. The Balaban J connectivity index is 2.14. The molecule has 8 heteroatoms. The first-order valence-electron chi connectivity index (χ1n) is 8.62. The first kappa shape index (κ1) is 20.8. The van der Waals surface area contributed by atoms with Gasteiger partial charge in [0.2, 0.25) is 5.91 Å². The fraction of sp³-hybridized carbons (Fsp3) is 0.765. The zero-order valence-electron chi connectivity index (χ0n) is 15.8. The van der Waals surface area contributed by atoms with E-state index in [-0.39, 0.29) is 34.0 Å². The molecule has 0 bridgehead atoms. The van der Waals surface area contributed by atoms with Crippen LogP contribution in [0.1, 0.15) is 40.5 Å². The van der Waals surface area contributed by atoms with Crippen LogP contribution < -0.4 is 0 Å². The molecule has 0 aromatic rings. The van der Waals surface area contributed by atoms with Crippen LogP contribution in [-0.2, 0) is 14.0 Å². The topological polar surface area (TPSA) is 66.8 Å². The molecule has 142 valence electrons. The molecule has 0 aliphatic carbocycles. The largest absolute Gasteiger partial charge is 0.477 e. The standard InChI is InChI=1S/C17H28ClNO4SSi/c1-10(23-25(5,6)17(2,3)4)12-14(20)19-13(16(21)22)11(8-7-9-18)24-15(12)19/h10,12,15H,7-9H2,1-6H3,(H,21,22)/t10-,12+,15-/m1/s1. The van der Waals surface area contributed by atoms with Gasteiger partial charge in [-0.1, -0.05) is 20.8 Å². The number of carbonyl (C=O) groups excluding carboxylic acids is 1. The number of fused-ring (bicyclic) bond motifs is 1. The van der Waals surface area contributed by atoms with Gasteiger partial charge >= 0.3 is 5.97 Å². The second-order valence-electron chi connectivity index (χ2n) is 8.20. The first-order chi connectivity index (χ1) is 11.4. The number of carboxylic acid groups (broad SMARTS) is 1. The maximum Gasteiger partial charge on any atom is 0.353 e. The highest BCUT2D eigenvalue weighted by atomic mass is 35.5. The molecule has 0 spiro atoms. The smallest absolute Gasteiger partial charge is 0.353 e. The van der Waals surface area contributed by atoms with Gasteiger partial charge in [0.25, 0.3) is 0 Å². The number of thioether (sulfide) groups is 1. The maximum atomic E-state index is 12.7. The highest BCUT2D eigenvalue weighted by Crippen LogP contribution is 2.52. The first-order valence-corrected chi connectivity index (χ1v) is 12.9. The number of halogens is 1. The quantitative estimate of drug-likeness (QED) is 0.389. The van der Waals surface area contributed by atoms with Crippen molar-refractivity contribution >= 4 is 43.6 Å². The van der Waals surface area contributed by atoms with Crippen molar-refractivity contribution in [3.8, 4) is 0 Å². The number of carbonyl (C=O) groups is 2. The minimum absolute atomic E-state index is 0.0620. The molecule has 0 radical (unpaired) electrons. The van der Waals surface area contributed by atoms with Crippen LogP contribution in [0, 0.1) is 5.92 Å². The number of alkyl halides is 1. The van der Waals surface area contributed by atoms with E-state index < -0.39 is 14.3 Å². The van der Waals surface area contributed by atoms with Gasteiger partial charge in [-0.15, -0.1) is 23.4 Å². The van der Waals surface area contributed by atoms with E-state index in [2.05, 4.69) is 33.9 Å². The van der Waals surface area contributed by atoms with Crippen LogP contribution in [0.15, 0.2) is 10.6 Å². The van der Waals surface area contributed by atoms with E-state index in [1.165, 1.54) is 16.7 Å². The summed E-state index contributed by atoms with van der Waals surface area (Å²) in [6.07, 6.45) is 1.08. The number of carboxylic acids is 1. The van der Waals surface area contributed by atoms with E-state index in [9.17, 15) is 14.7 Å². The monoisotopic (exact) mass is 405 g/mol. The molecule has 2 aliphatic heterocycles. The van der Waals surface area contributed by atoms with Crippen molar-refractivity contribution in [2.75, 3.05) is 5.88 Å². The van der Waals surface area contributed by atoms with Crippen molar-refractivity contribution in [3.05, 3.63) is 10.6 Å². The van der Waals surface area contributed by atoms with Crippen molar-refractivity contribution in [3.63, 3.8) is 0 Å². The Morgan fingerprint density at radius 2 is 2.04 bits per heavy atom. The fourth-order valence-corrected chi connectivity index (χ4v) is 6.17. The summed E-state index contributed by atoms with van der Waals surface area (Å²) in [4.78, 5) is 26.5. The molecule has 2 aliphatic rings. The van der Waals surface area contributed by atoms with Crippen molar-refractivity contribution < 1.29 is 19.1 Å². The van der Waals surface area contributed by atoms with E-state index >= 15 is 0 Å². The molecule has 0 aromatic heterocycles. The molecule has 1 saturated heterocycles. The summed E-state index contributed by atoms with van der Waals surface area (Å²) in [5, 5.41) is 9.42. The SMILES string of the molecule is C[C@@H](O[Si](C)(C)C(C)(C)C)[C@H]1C(=O)N2C(C(=O)O)=C(CCCCl)S[C@H]12. The number of hydrogen-bond donors (Lipinski definition) is 1. The van der Waals surface area contributed by atoms with Crippen LogP contribution >= 0.6 is 23.4 Å². The van der Waals surface area contributed by atoms with E-state index in [0.717, 1.165) is 4.91 Å². The lowest BCUT2D eigenvalue weighted by Crippen LogP contribution is -2.62. The third-order valence-electron chi connectivity index (χ3n) is 5.38. The number of allylic oxidation sites excluding steroid dienone is 1. The number of hydrogen-bond acceptors (Lipinski definition) is 4. The third-order valence-corrected chi connectivity index (χ3v) is 11.7. The Hall–Kier alpha value is -0.503. The van der Waals surface area contributed by atoms with Crippen molar-refractivity contribution in [2.45, 2.75) is 70.1 Å². The van der Waals surface area contributed by atoms with Crippen molar-refractivity contribution in [1.29, 1.82) is 0 Å². The molecule has 0 aromatic carbocycles. The Kier molecular flexibility index (Phi) is 6.03. The Morgan fingerprint density at radius 3 is 2.52 bits per heavy atom. The fourth-order valence-electron chi connectivity index (χ4n) is 2.96. The summed E-state index contributed by atoms with van der Waals surface area (Å²) in [6, 6.07) is 0. The molecule has 2 heterocycles. The highest BCUT2D eigenvalue weighted by molar-refractivity contribution is 8.04. The van der Waals surface area contributed by atoms with Crippen LogP contribution in [-0.4, -0.2) is 47.6 Å². The molecule has 1 N–H and O–H groups in total. The van der Waals surface area contributed by atoms with Gasteiger partial charge in [-0.25, -0.2) is 4.79 Å². The second-order valence-corrected chi connectivity index (χ2v) is 14.5. The molecule has 0 unspecified atom stereocenters. The van der Waals surface area contributed by atoms with Gasteiger partial charge in [-0.3, -0.25) is 9.69 Å². The lowest BCUT2D eigenvalue weighted by Gasteiger charge is -2.48. The molecular weight excluding hydrogens is 378 g/mol. The number of nitrogens with zero attached hydrogens (tertiary/aromatic N) is 1. The average Bonchev–Trinajstić information content (AvgIpc) is 2.77. The highest BCUT2D eigenvalue weighted by Gasteiger charge is 2.58. The van der Waals surface area contributed by atoms with E-state index in [1.807, 2.05) is 6.92 Å². The van der Waals surface area contributed by atoms with Gasteiger partial charge < -0.3 is 9.53 Å². The van der Waals surface area contributed by atoms with E-state index in [0.29, 0.717) is 18.7 Å². The molecule has 25 heavy (non-hydrogen) atoms. The normalized spacial score (nSPS) is 25.1. The van der Waals surface area contributed by atoms with Gasteiger partial charge in [-0.2, -0.15) is 0 Å². The molecule has 1 amide bonds. The Labute approximate surface area is 160 Å².